The second-order valence-electron chi connectivity index (χ2n) is 4.55. The molecule has 0 unspecified atom stereocenters. The number of hydrogen-bond acceptors (Lipinski definition) is 3. The van der Waals surface area contributed by atoms with Crippen LogP contribution in [0.25, 0.3) is 0 Å². The van der Waals surface area contributed by atoms with Crippen LogP contribution in [0.3, 0.4) is 0 Å². The number of benzene rings is 1. The number of carbonyl (C=O) groups is 1. The Kier molecular flexibility index (Phi) is 5.02. The highest BCUT2D eigenvalue weighted by Gasteiger charge is 2.10. The van der Waals surface area contributed by atoms with E-state index in [1.165, 1.54) is 25.9 Å². The maximum atomic E-state index is 10.9. The Morgan fingerprint density at radius 3 is 2.50 bits per heavy atom. The zero-order valence-corrected chi connectivity index (χ0v) is 11.2. The van der Waals surface area contributed by atoms with Gasteiger partial charge in [0.2, 0.25) is 0 Å². The van der Waals surface area contributed by atoms with E-state index in [2.05, 4.69) is 4.90 Å². The fraction of sp³-hybridized carbons (Fsp3) is 0.500. The summed E-state index contributed by atoms with van der Waals surface area (Å²) in [7, 11) is 0. The lowest BCUT2D eigenvalue weighted by Crippen LogP contribution is -2.21. The molecular weight excluding hydrogens is 250 g/mol. The van der Waals surface area contributed by atoms with Gasteiger partial charge in [0.1, 0.15) is 5.75 Å². The molecule has 1 aliphatic heterocycles. The lowest BCUT2D eigenvalue weighted by Gasteiger charge is -2.14. The van der Waals surface area contributed by atoms with Gasteiger partial charge in [-0.2, -0.15) is 0 Å². The van der Waals surface area contributed by atoms with Crippen molar-refractivity contribution in [1.29, 1.82) is 0 Å². The molecule has 4 heteroatoms. The SMILES string of the molecule is O=C(Cl)c1ccc(OCCCN2CCCC2)cc1. The minimum absolute atomic E-state index is 0.435. The van der Waals surface area contributed by atoms with Crippen LogP contribution >= 0.6 is 11.6 Å². The molecule has 1 aliphatic rings. The van der Waals surface area contributed by atoms with Crippen LogP contribution in [0.1, 0.15) is 29.6 Å². The third kappa shape index (κ3) is 4.00. The number of rotatable bonds is 6. The second kappa shape index (κ2) is 6.76. The van der Waals surface area contributed by atoms with Crippen molar-refractivity contribution >= 4 is 16.8 Å². The molecule has 0 bridgehead atoms. The van der Waals surface area contributed by atoms with Crippen LogP contribution in [-0.2, 0) is 0 Å². The molecule has 0 amide bonds. The topological polar surface area (TPSA) is 29.5 Å². The molecule has 2 rings (SSSR count). The monoisotopic (exact) mass is 267 g/mol. The van der Waals surface area contributed by atoms with Crippen molar-refractivity contribution in [1.82, 2.24) is 4.90 Å². The fourth-order valence-electron chi connectivity index (χ4n) is 2.17. The first-order valence-corrected chi connectivity index (χ1v) is 6.78. The van der Waals surface area contributed by atoms with Crippen LogP contribution in [-0.4, -0.2) is 36.4 Å². The van der Waals surface area contributed by atoms with Gasteiger partial charge in [-0.25, -0.2) is 0 Å². The highest BCUT2D eigenvalue weighted by molar-refractivity contribution is 6.67. The van der Waals surface area contributed by atoms with Gasteiger partial charge in [-0.1, -0.05) is 0 Å². The van der Waals surface area contributed by atoms with Gasteiger partial charge in [0.25, 0.3) is 5.24 Å². The summed E-state index contributed by atoms with van der Waals surface area (Å²) in [5.74, 6) is 0.790. The Morgan fingerprint density at radius 2 is 1.89 bits per heavy atom. The summed E-state index contributed by atoms with van der Waals surface area (Å²) < 4.78 is 5.62. The Bertz CT molecular complexity index is 385. The predicted octanol–water partition coefficient (Wildman–Crippen LogP) is 2.93. The minimum atomic E-state index is -0.435. The van der Waals surface area contributed by atoms with Crippen LogP contribution in [0, 0.1) is 0 Å². The fourth-order valence-corrected chi connectivity index (χ4v) is 2.29. The van der Waals surface area contributed by atoms with E-state index in [-0.39, 0.29) is 0 Å². The van der Waals surface area contributed by atoms with Gasteiger partial charge in [0, 0.05) is 12.1 Å². The number of halogens is 1. The zero-order valence-electron chi connectivity index (χ0n) is 10.4. The molecule has 0 radical (unpaired) electrons. The van der Waals surface area contributed by atoms with E-state index in [0.29, 0.717) is 12.2 Å². The van der Waals surface area contributed by atoms with E-state index in [0.717, 1.165) is 18.7 Å². The maximum absolute atomic E-state index is 10.9. The summed E-state index contributed by atoms with van der Waals surface area (Å²) >= 11 is 5.37. The quantitative estimate of drug-likeness (QED) is 0.586. The average Bonchev–Trinajstić information content (AvgIpc) is 2.88. The first-order chi connectivity index (χ1) is 8.75. The van der Waals surface area contributed by atoms with Crippen LogP contribution in [0.5, 0.6) is 5.75 Å². The largest absolute Gasteiger partial charge is 0.494 e. The van der Waals surface area contributed by atoms with E-state index >= 15 is 0 Å². The van der Waals surface area contributed by atoms with Gasteiger partial charge >= 0.3 is 0 Å². The Balaban J connectivity index is 1.68. The molecule has 3 nitrogen and oxygen atoms in total. The van der Waals surface area contributed by atoms with Crippen molar-refractivity contribution in [2.75, 3.05) is 26.2 Å². The molecule has 1 aromatic rings. The summed E-state index contributed by atoms with van der Waals surface area (Å²) in [6.07, 6.45) is 3.69. The van der Waals surface area contributed by atoms with Crippen molar-refractivity contribution < 1.29 is 9.53 Å². The predicted molar refractivity (Wildman–Crippen MR) is 72.4 cm³/mol. The van der Waals surface area contributed by atoms with Crippen LogP contribution in [0.2, 0.25) is 0 Å². The molecule has 0 aliphatic carbocycles. The van der Waals surface area contributed by atoms with Gasteiger partial charge < -0.3 is 9.64 Å². The third-order valence-corrected chi connectivity index (χ3v) is 3.39. The summed E-state index contributed by atoms with van der Waals surface area (Å²) in [5.41, 5.74) is 0.501. The van der Waals surface area contributed by atoms with Gasteiger partial charge in [-0.3, -0.25) is 4.79 Å². The molecule has 0 N–H and O–H groups in total. The van der Waals surface area contributed by atoms with Crippen molar-refractivity contribution in [3.05, 3.63) is 29.8 Å². The molecular formula is C14H18ClNO2. The van der Waals surface area contributed by atoms with Crippen molar-refractivity contribution in [3.63, 3.8) is 0 Å². The molecule has 1 heterocycles. The first-order valence-electron chi connectivity index (χ1n) is 6.41. The highest BCUT2D eigenvalue weighted by Crippen LogP contribution is 2.14. The van der Waals surface area contributed by atoms with Gasteiger partial charge in [-0.05, 0) is 68.2 Å². The zero-order chi connectivity index (χ0) is 12.8. The molecule has 0 saturated carbocycles. The van der Waals surface area contributed by atoms with Gasteiger partial charge in [0.05, 0.1) is 6.61 Å². The van der Waals surface area contributed by atoms with Crippen LogP contribution in [0.15, 0.2) is 24.3 Å². The van der Waals surface area contributed by atoms with E-state index in [9.17, 15) is 4.79 Å². The summed E-state index contributed by atoms with van der Waals surface area (Å²) in [5, 5.41) is -0.435. The number of nitrogens with zero attached hydrogens (tertiary/aromatic N) is 1. The standard InChI is InChI=1S/C14H18ClNO2/c15-14(17)12-4-6-13(7-5-12)18-11-3-10-16-8-1-2-9-16/h4-7H,1-3,8-11H2. The molecule has 0 spiro atoms. The molecule has 1 saturated heterocycles. The van der Waals surface area contributed by atoms with Crippen molar-refractivity contribution in [2.45, 2.75) is 19.3 Å². The maximum Gasteiger partial charge on any atom is 0.252 e. The molecule has 18 heavy (non-hydrogen) atoms. The smallest absolute Gasteiger partial charge is 0.252 e. The summed E-state index contributed by atoms with van der Waals surface area (Å²) in [6, 6.07) is 6.94. The molecule has 1 aromatic carbocycles. The number of carbonyl (C=O) groups excluding carboxylic acids is 1. The first kappa shape index (κ1) is 13.4. The number of likely N-dealkylation sites (tertiary alicyclic amines) is 1. The lowest BCUT2D eigenvalue weighted by atomic mass is 10.2. The third-order valence-electron chi connectivity index (χ3n) is 3.17. The second-order valence-corrected chi connectivity index (χ2v) is 4.89. The van der Waals surface area contributed by atoms with E-state index in [4.69, 9.17) is 16.3 Å². The normalized spacial score (nSPS) is 15.8. The average molecular weight is 268 g/mol. The van der Waals surface area contributed by atoms with Gasteiger partial charge in [-0.15, -0.1) is 0 Å². The summed E-state index contributed by atoms with van der Waals surface area (Å²) in [4.78, 5) is 13.4. The van der Waals surface area contributed by atoms with E-state index in [1.807, 2.05) is 0 Å². The van der Waals surface area contributed by atoms with Crippen LogP contribution in [0.4, 0.5) is 0 Å². The van der Waals surface area contributed by atoms with E-state index < -0.39 is 5.24 Å². The number of ether oxygens (including phenoxy) is 1. The van der Waals surface area contributed by atoms with Crippen molar-refractivity contribution in [3.8, 4) is 5.75 Å². The highest BCUT2D eigenvalue weighted by atomic mass is 35.5. The molecule has 1 fully saturated rings. The minimum Gasteiger partial charge on any atom is -0.494 e. The Labute approximate surface area is 113 Å². The Morgan fingerprint density at radius 1 is 1.22 bits per heavy atom. The number of hydrogen-bond donors (Lipinski definition) is 0. The molecule has 0 aromatic heterocycles. The van der Waals surface area contributed by atoms with Gasteiger partial charge in [0.15, 0.2) is 0 Å². The molecule has 98 valence electrons. The summed E-state index contributed by atoms with van der Waals surface area (Å²) in [6.45, 7) is 4.28. The van der Waals surface area contributed by atoms with Crippen LogP contribution < -0.4 is 4.74 Å². The molecule has 0 atom stereocenters. The Hall–Kier alpha value is -1.06. The van der Waals surface area contributed by atoms with E-state index in [1.54, 1.807) is 24.3 Å². The van der Waals surface area contributed by atoms with Crippen molar-refractivity contribution in [2.24, 2.45) is 0 Å². The lowest BCUT2D eigenvalue weighted by molar-refractivity contribution is 0.108.